The topological polar surface area (TPSA) is 64.1 Å². The molecule has 0 heterocycles. The van der Waals surface area contributed by atoms with Crippen molar-refractivity contribution in [3.8, 4) is 11.5 Å². The zero-order chi connectivity index (χ0) is 15.5. The summed E-state index contributed by atoms with van der Waals surface area (Å²) in [6, 6.07) is 5.79. The molecule has 0 saturated heterocycles. The van der Waals surface area contributed by atoms with Gasteiger partial charge in [-0.15, -0.1) is 0 Å². The largest absolute Gasteiger partial charge is 0.493 e. The Morgan fingerprint density at radius 1 is 1.19 bits per heavy atom. The van der Waals surface area contributed by atoms with Gasteiger partial charge in [-0.2, -0.15) is 0 Å². The van der Waals surface area contributed by atoms with Crippen LogP contribution in [0.15, 0.2) is 23.2 Å². The number of nitrogens with zero attached hydrogens (tertiary/aromatic N) is 1. The highest BCUT2D eigenvalue weighted by Crippen LogP contribution is 2.30. The number of rotatable bonds is 8. The summed E-state index contributed by atoms with van der Waals surface area (Å²) >= 11 is 0. The van der Waals surface area contributed by atoms with Gasteiger partial charge in [-0.1, -0.05) is 12.1 Å². The van der Waals surface area contributed by atoms with Gasteiger partial charge >= 0.3 is 0 Å². The number of hydrogen-bond donors (Lipinski definition) is 2. The molecule has 0 saturated carbocycles. The first-order chi connectivity index (χ1) is 10.3. The van der Waals surface area contributed by atoms with E-state index in [0.717, 1.165) is 23.0 Å². The van der Waals surface area contributed by atoms with Gasteiger partial charge in [0.15, 0.2) is 17.5 Å². The molecular formula is C15H25N3O3. The SMILES string of the molecule is CCOCCNC(=NC)NCc1cccc(OC)c1OC. The maximum atomic E-state index is 5.40. The summed E-state index contributed by atoms with van der Waals surface area (Å²) < 4.78 is 16.0. The van der Waals surface area contributed by atoms with Gasteiger partial charge in [-0.05, 0) is 13.0 Å². The molecule has 0 aliphatic heterocycles. The van der Waals surface area contributed by atoms with Crippen molar-refractivity contribution in [3.63, 3.8) is 0 Å². The lowest BCUT2D eigenvalue weighted by Crippen LogP contribution is -2.38. The minimum absolute atomic E-state index is 0.592. The van der Waals surface area contributed by atoms with Gasteiger partial charge in [0, 0.05) is 32.3 Å². The fourth-order valence-electron chi connectivity index (χ4n) is 1.88. The standard InChI is InChI=1S/C15H25N3O3/c1-5-21-10-9-17-15(16-2)18-11-12-7-6-8-13(19-3)14(12)20-4/h6-8H,5,9-11H2,1-4H3,(H2,16,17,18). The Morgan fingerprint density at radius 2 is 2.00 bits per heavy atom. The van der Waals surface area contributed by atoms with Crippen molar-refractivity contribution >= 4 is 5.96 Å². The Hall–Kier alpha value is -1.95. The third-order valence-corrected chi connectivity index (χ3v) is 2.90. The molecule has 118 valence electrons. The Bertz CT molecular complexity index is 450. The smallest absolute Gasteiger partial charge is 0.191 e. The first-order valence-electron chi connectivity index (χ1n) is 6.98. The van der Waals surface area contributed by atoms with E-state index < -0.39 is 0 Å². The fourth-order valence-corrected chi connectivity index (χ4v) is 1.88. The molecule has 6 nitrogen and oxygen atoms in total. The maximum absolute atomic E-state index is 5.40. The van der Waals surface area contributed by atoms with Gasteiger partial charge < -0.3 is 24.8 Å². The van der Waals surface area contributed by atoms with Crippen LogP contribution in [0.5, 0.6) is 11.5 Å². The first-order valence-corrected chi connectivity index (χ1v) is 6.98. The molecule has 21 heavy (non-hydrogen) atoms. The Morgan fingerprint density at radius 3 is 2.62 bits per heavy atom. The minimum atomic E-state index is 0.592. The van der Waals surface area contributed by atoms with Crippen LogP contribution in [0.1, 0.15) is 12.5 Å². The molecule has 1 aromatic rings. The second kappa shape index (κ2) is 9.88. The number of para-hydroxylation sites is 1. The third kappa shape index (κ3) is 5.51. The van der Waals surface area contributed by atoms with Crippen LogP contribution < -0.4 is 20.1 Å². The molecular weight excluding hydrogens is 270 g/mol. The van der Waals surface area contributed by atoms with E-state index in [9.17, 15) is 0 Å². The van der Waals surface area contributed by atoms with Crippen molar-refractivity contribution in [2.24, 2.45) is 4.99 Å². The summed E-state index contributed by atoms with van der Waals surface area (Å²) in [6.45, 7) is 4.65. The summed E-state index contributed by atoms with van der Waals surface area (Å²) in [5.41, 5.74) is 1.00. The van der Waals surface area contributed by atoms with Crippen molar-refractivity contribution in [2.45, 2.75) is 13.5 Å². The van der Waals surface area contributed by atoms with Gasteiger partial charge in [0.2, 0.25) is 0 Å². The van der Waals surface area contributed by atoms with Crippen LogP contribution in [0.4, 0.5) is 0 Å². The van der Waals surface area contributed by atoms with Gasteiger partial charge in [0.25, 0.3) is 0 Å². The lowest BCUT2D eigenvalue weighted by atomic mass is 10.2. The molecule has 1 aromatic carbocycles. The zero-order valence-corrected chi connectivity index (χ0v) is 13.2. The van der Waals surface area contributed by atoms with Crippen molar-refractivity contribution in [2.75, 3.05) is 41.0 Å². The van der Waals surface area contributed by atoms with Gasteiger partial charge in [0.1, 0.15) is 0 Å². The van der Waals surface area contributed by atoms with E-state index in [1.165, 1.54) is 0 Å². The van der Waals surface area contributed by atoms with Gasteiger partial charge in [-0.3, -0.25) is 4.99 Å². The van der Waals surface area contributed by atoms with Crippen LogP contribution in [0.2, 0.25) is 0 Å². The predicted octanol–water partition coefficient (Wildman–Crippen LogP) is 1.41. The zero-order valence-electron chi connectivity index (χ0n) is 13.2. The molecule has 1 rings (SSSR count). The van der Waals surface area contributed by atoms with Gasteiger partial charge in [0.05, 0.1) is 20.8 Å². The predicted molar refractivity (Wildman–Crippen MR) is 84.2 cm³/mol. The van der Waals surface area contributed by atoms with E-state index in [-0.39, 0.29) is 0 Å². The van der Waals surface area contributed by atoms with E-state index in [1.807, 2.05) is 25.1 Å². The van der Waals surface area contributed by atoms with Crippen LogP contribution in [-0.4, -0.2) is 47.0 Å². The first kappa shape index (κ1) is 17.1. The van der Waals surface area contributed by atoms with Crippen molar-refractivity contribution in [1.82, 2.24) is 10.6 Å². The Balaban J connectivity index is 2.57. The highest BCUT2D eigenvalue weighted by atomic mass is 16.5. The number of hydrogen-bond acceptors (Lipinski definition) is 4. The fraction of sp³-hybridized carbons (Fsp3) is 0.533. The summed E-state index contributed by atoms with van der Waals surface area (Å²) in [6.07, 6.45) is 0. The lowest BCUT2D eigenvalue weighted by molar-refractivity contribution is 0.152. The molecule has 0 amide bonds. The van der Waals surface area contributed by atoms with Crippen molar-refractivity contribution < 1.29 is 14.2 Å². The molecule has 0 atom stereocenters. The monoisotopic (exact) mass is 295 g/mol. The number of aliphatic imine (C=N–C) groups is 1. The number of nitrogens with one attached hydrogen (secondary N) is 2. The van der Waals surface area contributed by atoms with Crippen molar-refractivity contribution in [1.29, 1.82) is 0 Å². The molecule has 0 aliphatic rings. The second-order valence-electron chi connectivity index (χ2n) is 4.20. The highest BCUT2D eigenvalue weighted by Gasteiger charge is 2.09. The normalized spacial score (nSPS) is 11.1. The van der Waals surface area contributed by atoms with E-state index >= 15 is 0 Å². The summed E-state index contributed by atoms with van der Waals surface area (Å²) in [5, 5.41) is 6.42. The van der Waals surface area contributed by atoms with Crippen LogP contribution >= 0.6 is 0 Å². The molecule has 2 N–H and O–H groups in total. The Labute approximate surface area is 126 Å². The number of benzene rings is 1. The Kier molecular flexibility index (Phi) is 8.04. The number of methoxy groups -OCH3 is 2. The molecule has 0 radical (unpaired) electrons. The quantitative estimate of drug-likeness (QED) is 0.431. The van der Waals surface area contributed by atoms with Crippen LogP contribution in [0, 0.1) is 0 Å². The van der Waals surface area contributed by atoms with Crippen LogP contribution in [-0.2, 0) is 11.3 Å². The number of guanidine groups is 1. The summed E-state index contributed by atoms with van der Waals surface area (Å²) in [7, 11) is 5.00. The molecule has 0 aromatic heterocycles. The second-order valence-corrected chi connectivity index (χ2v) is 4.20. The van der Waals surface area contributed by atoms with Crippen LogP contribution in [0.25, 0.3) is 0 Å². The van der Waals surface area contributed by atoms with Crippen molar-refractivity contribution in [3.05, 3.63) is 23.8 Å². The summed E-state index contributed by atoms with van der Waals surface area (Å²) in [4.78, 5) is 4.17. The lowest BCUT2D eigenvalue weighted by Gasteiger charge is -2.15. The molecule has 0 unspecified atom stereocenters. The van der Waals surface area contributed by atoms with Crippen LogP contribution in [0.3, 0.4) is 0 Å². The molecule has 0 aliphatic carbocycles. The maximum Gasteiger partial charge on any atom is 0.191 e. The van der Waals surface area contributed by atoms with Gasteiger partial charge in [-0.25, -0.2) is 0 Å². The summed E-state index contributed by atoms with van der Waals surface area (Å²) in [5.74, 6) is 2.17. The molecule has 0 fully saturated rings. The highest BCUT2D eigenvalue weighted by molar-refractivity contribution is 5.79. The molecule has 0 bridgehead atoms. The van der Waals surface area contributed by atoms with E-state index in [0.29, 0.717) is 26.3 Å². The third-order valence-electron chi connectivity index (χ3n) is 2.90. The average molecular weight is 295 g/mol. The van der Waals surface area contributed by atoms with E-state index in [2.05, 4.69) is 15.6 Å². The number of ether oxygens (including phenoxy) is 3. The molecule has 6 heteroatoms. The average Bonchev–Trinajstić information content (AvgIpc) is 2.53. The minimum Gasteiger partial charge on any atom is -0.493 e. The molecule has 0 spiro atoms. The van der Waals surface area contributed by atoms with E-state index in [1.54, 1.807) is 21.3 Å². The van der Waals surface area contributed by atoms with E-state index in [4.69, 9.17) is 14.2 Å².